The second kappa shape index (κ2) is 7.70. The van der Waals surface area contributed by atoms with E-state index in [2.05, 4.69) is 5.32 Å². The number of carbonyl (C=O) groups is 3. The number of benzene rings is 2. The van der Waals surface area contributed by atoms with E-state index in [9.17, 15) is 14.4 Å². The first-order chi connectivity index (χ1) is 14.0. The molecular weight excluding hydrogens is 366 g/mol. The Morgan fingerprint density at radius 2 is 1.59 bits per heavy atom. The average molecular weight is 391 g/mol. The summed E-state index contributed by atoms with van der Waals surface area (Å²) in [5, 5.41) is 2.88. The fourth-order valence-electron chi connectivity index (χ4n) is 4.15. The number of nitrogens with one attached hydrogen (secondary N) is 1. The molecule has 2 heterocycles. The van der Waals surface area contributed by atoms with Crippen molar-refractivity contribution in [3.05, 3.63) is 60.2 Å². The largest absolute Gasteiger partial charge is 0.338 e. The second-order valence-corrected chi connectivity index (χ2v) is 7.70. The standard InChI is InChI=1S/C23H25N3O3/c1-2-14-26-21(28)23(24-22(26)29)12-15-25(16-13-23)20(27)19-10-8-18(9-11-19)17-6-4-3-5-7-17/h3-11H,2,12-16H2,1H3,(H,24,29). The molecule has 0 radical (unpaired) electrons. The van der Waals surface area contributed by atoms with Gasteiger partial charge in [-0.25, -0.2) is 4.79 Å². The molecule has 150 valence electrons. The molecule has 0 bridgehead atoms. The number of rotatable bonds is 4. The summed E-state index contributed by atoms with van der Waals surface area (Å²) >= 11 is 0. The van der Waals surface area contributed by atoms with Crippen molar-refractivity contribution in [2.75, 3.05) is 19.6 Å². The average Bonchev–Trinajstić information content (AvgIpc) is 2.99. The third-order valence-electron chi connectivity index (χ3n) is 5.84. The van der Waals surface area contributed by atoms with Gasteiger partial charge in [-0.2, -0.15) is 0 Å². The van der Waals surface area contributed by atoms with Gasteiger partial charge in [0.25, 0.3) is 11.8 Å². The van der Waals surface area contributed by atoms with Crippen LogP contribution in [0.2, 0.25) is 0 Å². The summed E-state index contributed by atoms with van der Waals surface area (Å²) < 4.78 is 0. The molecule has 2 saturated heterocycles. The van der Waals surface area contributed by atoms with Crippen LogP contribution in [0.15, 0.2) is 54.6 Å². The van der Waals surface area contributed by atoms with Crippen LogP contribution in [0, 0.1) is 0 Å². The van der Waals surface area contributed by atoms with Crippen LogP contribution in [-0.4, -0.2) is 52.8 Å². The van der Waals surface area contributed by atoms with Gasteiger partial charge in [0.05, 0.1) is 0 Å². The Morgan fingerprint density at radius 1 is 0.966 bits per heavy atom. The summed E-state index contributed by atoms with van der Waals surface area (Å²) in [5.74, 6) is -0.190. The highest BCUT2D eigenvalue weighted by molar-refractivity contribution is 6.07. The smallest absolute Gasteiger partial charge is 0.325 e. The van der Waals surface area contributed by atoms with Gasteiger partial charge in [-0.3, -0.25) is 14.5 Å². The Kier molecular flexibility index (Phi) is 5.09. The van der Waals surface area contributed by atoms with Crippen molar-refractivity contribution in [3.8, 4) is 11.1 Å². The Balaban J connectivity index is 1.42. The van der Waals surface area contributed by atoms with Crippen LogP contribution in [-0.2, 0) is 4.79 Å². The highest BCUT2D eigenvalue weighted by Gasteiger charge is 2.52. The number of piperidine rings is 1. The highest BCUT2D eigenvalue weighted by atomic mass is 16.2. The first-order valence-corrected chi connectivity index (χ1v) is 10.1. The molecule has 29 heavy (non-hydrogen) atoms. The van der Waals surface area contributed by atoms with Crippen molar-refractivity contribution < 1.29 is 14.4 Å². The van der Waals surface area contributed by atoms with Crippen molar-refractivity contribution in [1.82, 2.24) is 15.1 Å². The number of hydrogen-bond donors (Lipinski definition) is 1. The van der Waals surface area contributed by atoms with Crippen molar-refractivity contribution in [2.45, 2.75) is 31.7 Å². The third-order valence-corrected chi connectivity index (χ3v) is 5.84. The zero-order valence-corrected chi connectivity index (χ0v) is 16.6. The fourth-order valence-corrected chi connectivity index (χ4v) is 4.15. The molecule has 0 aromatic heterocycles. The normalized spacial score (nSPS) is 18.2. The number of imide groups is 1. The van der Waals surface area contributed by atoms with Gasteiger partial charge < -0.3 is 10.2 Å². The van der Waals surface area contributed by atoms with E-state index in [-0.39, 0.29) is 17.8 Å². The first-order valence-electron chi connectivity index (χ1n) is 10.1. The maximum absolute atomic E-state index is 12.9. The lowest BCUT2D eigenvalue weighted by Crippen LogP contribution is -2.55. The number of likely N-dealkylation sites (tertiary alicyclic amines) is 1. The Labute approximate surface area is 170 Å². The summed E-state index contributed by atoms with van der Waals surface area (Å²) in [7, 11) is 0. The molecule has 2 aromatic carbocycles. The van der Waals surface area contributed by atoms with Crippen LogP contribution in [0.4, 0.5) is 4.79 Å². The Bertz CT molecular complexity index is 916. The van der Waals surface area contributed by atoms with E-state index in [1.54, 1.807) is 4.90 Å². The third kappa shape index (κ3) is 3.50. The predicted molar refractivity (Wildman–Crippen MR) is 110 cm³/mol. The maximum Gasteiger partial charge on any atom is 0.325 e. The number of nitrogens with zero attached hydrogens (tertiary/aromatic N) is 2. The Hall–Kier alpha value is -3.15. The molecule has 4 rings (SSSR count). The fraction of sp³-hybridized carbons (Fsp3) is 0.348. The monoisotopic (exact) mass is 391 g/mol. The molecule has 1 spiro atoms. The summed E-state index contributed by atoms with van der Waals surface area (Å²) in [4.78, 5) is 40.9. The molecule has 0 atom stereocenters. The lowest BCUT2D eigenvalue weighted by molar-refractivity contribution is -0.132. The number of urea groups is 1. The van der Waals surface area contributed by atoms with Crippen LogP contribution in [0.5, 0.6) is 0 Å². The van der Waals surface area contributed by atoms with Crippen molar-refractivity contribution >= 4 is 17.8 Å². The molecule has 0 aliphatic carbocycles. The molecule has 0 unspecified atom stereocenters. The van der Waals surface area contributed by atoms with Gasteiger partial charge in [0.2, 0.25) is 0 Å². The van der Waals surface area contributed by atoms with Gasteiger partial charge in [0.1, 0.15) is 5.54 Å². The Morgan fingerprint density at radius 3 is 2.21 bits per heavy atom. The molecule has 4 amide bonds. The van der Waals surface area contributed by atoms with Crippen LogP contribution >= 0.6 is 0 Å². The van der Waals surface area contributed by atoms with E-state index in [1.807, 2.05) is 61.5 Å². The van der Waals surface area contributed by atoms with Crippen LogP contribution < -0.4 is 5.32 Å². The van der Waals surface area contributed by atoms with Gasteiger partial charge in [-0.1, -0.05) is 49.4 Å². The SMILES string of the molecule is CCCN1C(=O)NC2(CCN(C(=O)c3ccc(-c4ccccc4)cc3)CC2)C1=O. The van der Waals surface area contributed by atoms with E-state index in [0.717, 1.165) is 17.5 Å². The lowest BCUT2D eigenvalue weighted by Gasteiger charge is -2.37. The minimum absolute atomic E-state index is 0.0401. The molecule has 2 aliphatic rings. The second-order valence-electron chi connectivity index (χ2n) is 7.70. The first kappa shape index (κ1) is 19.2. The summed E-state index contributed by atoms with van der Waals surface area (Å²) in [6.07, 6.45) is 1.64. The van der Waals surface area contributed by atoms with Crippen molar-refractivity contribution in [3.63, 3.8) is 0 Å². The van der Waals surface area contributed by atoms with Gasteiger partial charge in [0.15, 0.2) is 0 Å². The van der Waals surface area contributed by atoms with E-state index in [4.69, 9.17) is 0 Å². The minimum atomic E-state index is -0.847. The molecule has 2 aliphatic heterocycles. The molecule has 1 N–H and O–H groups in total. The van der Waals surface area contributed by atoms with Gasteiger partial charge in [0, 0.05) is 25.2 Å². The highest BCUT2D eigenvalue weighted by Crippen LogP contribution is 2.30. The molecule has 2 aromatic rings. The lowest BCUT2D eigenvalue weighted by atomic mass is 9.87. The molecule has 2 fully saturated rings. The molecule has 0 saturated carbocycles. The summed E-state index contributed by atoms with van der Waals surface area (Å²) in [6, 6.07) is 17.3. The van der Waals surface area contributed by atoms with E-state index in [0.29, 0.717) is 38.0 Å². The predicted octanol–water partition coefficient (Wildman–Crippen LogP) is 3.29. The van der Waals surface area contributed by atoms with E-state index >= 15 is 0 Å². The summed E-state index contributed by atoms with van der Waals surface area (Å²) in [6.45, 7) is 3.27. The molecule has 6 heteroatoms. The number of amides is 4. The summed E-state index contributed by atoms with van der Waals surface area (Å²) in [5.41, 5.74) is 1.96. The van der Waals surface area contributed by atoms with E-state index in [1.165, 1.54) is 4.90 Å². The number of carbonyl (C=O) groups excluding carboxylic acids is 3. The van der Waals surface area contributed by atoms with Crippen molar-refractivity contribution in [1.29, 1.82) is 0 Å². The van der Waals surface area contributed by atoms with Gasteiger partial charge >= 0.3 is 6.03 Å². The maximum atomic E-state index is 12.9. The van der Waals surface area contributed by atoms with Crippen LogP contribution in [0.25, 0.3) is 11.1 Å². The quantitative estimate of drug-likeness (QED) is 0.813. The zero-order chi connectivity index (χ0) is 20.4. The van der Waals surface area contributed by atoms with Gasteiger partial charge in [-0.05, 0) is 42.5 Å². The zero-order valence-electron chi connectivity index (χ0n) is 16.6. The molecule has 6 nitrogen and oxygen atoms in total. The van der Waals surface area contributed by atoms with E-state index < -0.39 is 5.54 Å². The topological polar surface area (TPSA) is 69.7 Å². The molecular formula is C23H25N3O3. The van der Waals surface area contributed by atoms with Crippen molar-refractivity contribution in [2.24, 2.45) is 0 Å². The van der Waals surface area contributed by atoms with Gasteiger partial charge in [-0.15, -0.1) is 0 Å². The minimum Gasteiger partial charge on any atom is -0.338 e. The van der Waals surface area contributed by atoms with Crippen LogP contribution in [0.1, 0.15) is 36.5 Å². The number of hydrogen-bond acceptors (Lipinski definition) is 3. The van der Waals surface area contributed by atoms with Crippen LogP contribution in [0.3, 0.4) is 0 Å².